The summed E-state index contributed by atoms with van der Waals surface area (Å²) in [5, 5.41) is 20.9. The lowest BCUT2D eigenvalue weighted by molar-refractivity contribution is -0.192. The number of carboxylic acid groups (broad SMARTS) is 1. The summed E-state index contributed by atoms with van der Waals surface area (Å²) >= 11 is 0. The molecule has 0 bridgehead atoms. The number of aryl methyl sites for hydroxylation is 1. The van der Waals surface area contributed by atoms with Crippen LogP contribution >= 0.6 is 0 Å². The van der Waals surface area contributed by atoms with Gasteiger partial charge in [0.1, 0.15) is 11.7 Å². The molecule has 0 radical (unpaired) electrons. The number of imidazole rings is 1. The number of alkyl halides is 3. The molecule has 228 valence electrons. The fraction of sp³-hybridized carbons (Fsp3) is 0.500. The molecule has 1 aliphatic heterocycles. The molecule has 3 aromatic heterocycles. The van der Waals surface area contributed by atoms with Gasteiger partial charge in [0, 0.05) is 29.9 Å². The topological polar surface area (TPSA) is 131 Å². The molecule has 1 aromatic carbocycles. The van der Waals surface area contributed by atoms with Gasteiger partial charge in [0.05, 0.1) is 17.6 Å². The second kappa shape index (κ2) is 13.0. The van der Waals surface area contributed by atoms with Gasteiger partial charge in [-0.05, 0) is 56.5 Å². The molecular weight excluding hydrogens is 563 g/mol. The van der Waals surface area contributed by atoms with Crippen LogP contribution in [0.1, 0.15) is 68.9 Å². The van der Waals surface area contributed by atoms with Crippen molar-refractivity contribution >= 4 is 28.0 Å². The zero-order chi connectivity index (χ0) is 30.6. The molecule has 2 N–H and O–H groups in total. The van der Waals surface area contributed by atoms with Crippen LogP contribution in [0.3, 0.4) is 0 Å². The monoisotopic (exact) mass is 597 g/mol. The van der Waals surface area contributed by atoms with Crippen LogP contribution < -0.4 is 11.0 Å². The average Bonchev–Trinajstić information content (AvgIpc) is 3.50. The van der Waals surface area contributed by atoms with E-state index >= 15 is 0 Å². The first-order chi connectivity index (χ1) is 20.7. The van der Waals surface area contributed by atoms with Crippen LogP contribution in [0.4, 0.5) is 13.2 Å². The summed E-state index contributed by atoms with van der Waals surface area (Å²) in [5.74, 6) is -1.84. The Morgan fingerprint density at radius 3 is 2.40 bits per heavy atom. The number of carbonyl (C=O) groups is 1. The molecule has 4 heterocycles. The fourth-order valence-electron chi connectivity index (χ4n) is 6.28. The van der Waals surface area contributed by atoms with E-state index in [0.29, 0.717) is 6.54 Å². The number of fused-ring (bicyclic) bond motifs is 2. The number of aliphatic carboxylic acids is 1. The van der Waals surface area contributed by atoms with Crippen molar-refractivity contribution in [1.82, 2.24) is 29.0 Å². The molecule has 6 rings (SSSR count). The van der Waals surface area contributed by atoms with Crippen molar-refractivity contribution in [1.29, 1.82) is 5.26 Å². The maximum absolute atomic E-state index is 13.8. The maximum atomic E-state index is 13.8. The molecular formula is C30H34F3N7O3. The van der Waals surface area contributed by atoms with Gasteiger partial charge >= 0.3 is 17.8 Å². The average molecular weight is 598 g/mol. The minimum Gasteiger partial charge on any atom is -0.475 e. The molecule has 2 fully saturated rings. The molecule has 10 nitrogen and oxygen atoms in total. The van der Waals surface area contributed by atoms with Crippen LogP contribution in [0.25, 0.3) is 22.1 Å². The van der Waals surface area contributed by atoms with E-state index in [1.165, 1.54) is 32.1 Å². The highest BCUT2D eigenvalue weighted by Crippen LogP contribution is 2.29. The summed E-state index contributed by atoms with van der Waals surface area (Å²) in [5.41, 5.74) is 3.86. The SMILES string of the molecule is N#Cc1ncc2cc(Cn3c(=O)n(C4CCNCC4)c4ccccc43)n(CCC3CCCCC3)c2n1.O=C(O)C(F)(F)F. The summed E-state index contributed by atoms with van der Waals surface area (Å²) in [4.78, 5) is 31.5. The van der Waals surface area contributed by atoms with Gasteiger partial charge in [0.2, 0.25) is 5.82 Å². The molecule has 1 saturated heterocycles. The van der Waals surface area contributed by atoms with E-state index in [-0.39, 0.29) is 17.6 Å². The Morgan fingerprint density at radius 2 is 1.74 bits per heavy atom. The van der Waals surface area contributed by atoms with Gasteiger partial charge in [-0.25, -0.2) is 19.6 Å². The quantitative estimate of drug-likeness (QED) is 0.320. The Labute approximate surface area is 245 Å². The lowest BCUT2D eigenvalue weighted by Crippen LogP contribution is -2.35. The molecule has 4 aromatic rings. The normalized spacial score (nSPS) is 16.6. The Kier molecular flexibility index (Phi) is 9.15. The number of rotatable bonds is 6. The third kappa shape index (κ3) is 6.74. The van der Waals surface area contributed by atoms with Crippen molar-refractivity contribution in [3.05, 3.63) is 58.5 Å². The highest BCUT2D eigenvalue weighted by molar-refractivity contribution is 5.78. The van der Waals surface area contributed by atoms with Crippen LogP contribution in [0, 0.1) is 17.2 Å². The van der Waals surface area contributed by atoms with Crippen molar-refractivity contribution in [3.63, 3.8) is 0 Å². The van der Waals surface area contributed by atoms with E-state index in [4.69, 9.17) is 9.90 Å². The van der Waals surface area contributed by atoms with E-state index in [1.54, 1.807) is 6.20 Å². The van der Waals surface area contributed by atoms with Crippen molar-refractivity contribution in [2.24, 2.45) is 5.92 Å². The number of nitrogens with zero attached hydrogens (tertiary/aromatic N) is 6. The van der Waals surface area contributed by atoms with Crippen LogP contribution in [0.2, 0.25) is 0 Å². The number of carboxylic acids is 1. The minimum atomic E-state index is -5.08. The van der Waals surface area contributed by atoms with Gasteiger partial charge in [-0.1, -0.05) is 44.2 Å². The largest absolute Gasteiger partial charge is 0.490 e. The first kappa shape index (κ1) is 30.3. The van der Waals surface area contributed by atoms with E-state index in [9.17, 15) is 23.2 Å². The van der Waals surface area contributed by atoms with Crippen molar-refractivity contribution in [2.45, 2.75) is 76.7 Å². The van der Waals surface area contributed by atoms with Crippen LogP contribution in [0.15, 0.2) is 41.3 Å². The van der Waals surface area contributed by atoms with Gasteiger partial charge in [-0.3, -0.25) is 9.13 Å². The zero-order valence-corrected chi connectivity index (χ0v) is 23.7. The zero-order valence-electron chi connectivity index (χ0n) is 23.7. The van der Waals surface area contributed by atoms with Crippen LogP contribution in [-0.2, 0) is 17.9 Å². The Balaban J connectivity index is 0.000000472. The standard InChI is InChI=1S/C28H33N7O.C2HF3O2/c29-17-26-31-18-21-16-23(33(27(21)32-26)15-12-20-6-2-1-3-7-20)19-34-24-8-4-5-9-25(24)35(28(34)36)22-10-13-30-14-11-22;3-2(4,5)1(6)7/h4-5,8-9,16,18,20,22,30H,1-3,6-7,10-15,19H2;(H,6,7). The number of benzene rings is 1. The first-order valence-electron chi connectivity index (χ1n) is 14.6. The second-order valence-corrected chi connectivity index (χ2v) is 11.2. The molecule has 0 spiro atoms. The number of halogens is 3. The third-order valence-corrected chi connectivity index (χ3v) is 8.41. The number of para-hydroxylation sites is 2. The summed E-state index contributed by atoms with van der Waals surface area (Å²) in [6.45, 7) is 3.19. The van der Waals surface area contributed by atoms with Crippen molar-refractivity contribution in [2.75, 3.05) is 13.1 Å². The van der Waals surface area contributed by atoms with E-state index < -0.39 is 12.1 Å². The van der Waals surface area contributed by atoms with Gasteiger partial charge in [-0.2, -0.15) is 18.4 Å². The maximum Gasteiger partial charge on any atom is 0.490 e. The lowest BCUT2D eigenvalue weighted by atomic mass is 9.87. The van der Waals surface area contributed by atoms with Gasteiger partial charge in [-0.15, -0.1) is 0 Å². The molecule has 0 unspecified atom stereocenters. The number of hydrogen-bond donors (Lipinski definition) is 2. The second-order valence-electron chi connectivity index (χ2n) is 11.2. The molecule has 2 aliphatic rings. The number of aromatic nitrogens is 5. The Morgan fingerprint density at radius 1 is 1.07 bits per heavy atom. The van der Waals surface area contributed by atoms with Crippen LogP contribution in [0.5, 0.6) is 0 Å². The molecule has 1 aliphatic carbocycles. The number of hydrogen-bond acceptors (Lipinski definition) is 6. The predicted molar refractivity (Wildman–Crippen MR) is 154 cm³/mol. The number of nitrogens with one attached hydrogen (secondary N) is 1. The highest BCUT2D eigenvalue weighted by atomic mass is 19.4. The number of piperidine rings is 1. The minimum absolute atomic E-state index is 0.0518. The molecule has 0 atom stereocenters. The molecule has 1 saturated carbocycles. The highest BCUT2D eigenvalue weighted by Gasteiger charge is 2.38. The molecule has 0 amide bonds. The Hall–Kier alpha value is -4.18. The van der Waals surface area contributed by atoms with Gasteiger partial charge in [0.15, 0.2) is 0 Å². The fourth-order valence-corrected chi connectivity index (χ4v) is 6.28. The van der Waals surface area contributed by atoms with Gasteiger partial charge in [0.25, 0.3) is 0 Å². The Bertz CT molecular complexity index is 1690. The van der Waals surface area contributed by atoms with Gasteiger partial charge < -0.3 is 15.0 Å². The third-order valence-electron chi connectivity index (χ3n) is 8.41. The van der Waals surface area contributed by atoms with Crippen molar-refractivity contribution < 1.29 is 23.1 Å². The first-order valence-corrected chi connectivity index (χ1v) is 14.6. The molecule has 13 heteroatoms. The summed E-state index contributed by atoms with van der Waals surface area (Å²) in [6, 6.07) is 12.5. The predicted octanol–water partition coefficient (Wildman–Crippen LogP) is 5.00. The van der Waals surface area contributed by atoms with Crippen LogP contribution in [-0.4, -0.2) is 54.0 Å². The van der Waals surface area contributed by atoms with E-state index in [1.807, 2.05) is 21.3 Å². The van der Waals surface area contributed by atoms with E-state index in [2.05, 4.69) is 44.1 Å². The molecule has 43 heavy (non-hydrogen) atoms. The lowest BCUT2D eigenvalue weighted by Gasteiger charge is -2.23. The van der Waals surface area contributed by atoms with Crippen molar-refractivity contribution in [3.8, 4) is 6.07 Å². The number of nitriles is 1. The summed E-state index contributed by atoms with van der Waals surface area (Å²) in [6.07, 6.45) is 6.22. The smallest absolute Gasteiger partial charge is 0.475 e. The summed E-state index contributed by atoms with van der Waals surface area (Å²) in [7, 11) is 0. The summed E-state index contributed by atoms with van der Waals surface area (Å²) < 4.78 is 37.9. The van der Waals surface area contributed by atoms with E-state index in [0.717, 1.165) is 72.6 Å².